The number of aliphatic imine (C=N–C) groups is 1. The Kier molecular flexibility index (Phi) is 8.60. The zero-order valence-electron chi connectivity index (χ0n) is 16.7. The Morgan fingerprint density at radius 1 is 1.33 bits per heavy atom. The Bertz CT molecular complexity index is 629. The van der Waals surface area contributed by atoms with Crippen LogP contribution in [0.15, 0.2) is 9.52 Å². The molecule has 0 radical (unpaired) electrons. The molecule has 1 saturated heterocycles. The molecule has 9 heteroatoms. The first-order valence-corrected chi connectivity index (χ1v) is 11.2. The van der Waals surface area contributed by atoms with Crippen LogP contribution in [0, 0.1) is 11.3 Å². The minimum atomic E-state index is 0.0464. The molecule has 0 spiro atoms. The van der Waals surface area contributed by atoms with Crippen molar-refractivity contribution in [3.8, 4) is 0 Å². The third kappa shape index (κ3) is 6.48. The van der Waals surface area contributed by atoms with Gasteiger partial charge in [-0.05, 0) is 44.4 Å². The summed E-state index contributed by atoms with van der Waals surface area (Å²) < 4.78 is 11.5. The number of hydrogen-bond acceptors (Lipinski definition) is 8. The van der Waals surface area contributed by atoms with Crippen LogP contribution < -0.4 is 4.90 Å². The second kappa shape index (κ2) is 10.5. The lowest BCUT2D eigenvalue weighted by Gasteiger charge is -2.33. The minimum Gasteiger partial charge on any atom is -0.469 e. The fourth-order valence-corrected chi connectivity index (χ4v) is 3.47. The van der Waals surface area contributed by atoms with E-state index in [0.29, 0.717) is 17.2 Å². The van der Waals surface area contributed by atoms with Gasteiger partial charge >= 0.3 is 6.01 Å². The smallest absolute Gasteiger partial charge is 0.324 e. The van der Waals surface area contributed by atoms with Gasteiger partial charge in [-0.2, -0.15) is 4.98 Å². The second-order valence-corrected chi connectivity index (χ2v) is 9.55. The fourth-order valence-electron chi connectivity index (χ4n) is 2.81. The van der Waals surface area contributed by atoms with Crippen molar-refractivity contribution in [2.75, 3.05) is 18.0 Å². The SMILES string of the molecule is CC(C)c1noc(N2CCC([C@H](C)OC(=N[C@@H](C)C(C)Br)SC=N)CC2)n1. The van der Waals surface area contributed by atoms with Crippen molar-refractivity contribution >= 4 is 44.5 Å². The predicted molar refractivity (Wildman–Crippen MR) is 116 cm³/mol. The highest BCUT2D eigenvalue weighted by molar-refractivity contribution is 9.09. The molecule has 0 aromatic carbocycles. The maximum atomic E-state index is 7.36. The van der Waals surface area contributed by atoms with E-state index in [1.165, 1.54) is 17.3 Å². The maximum absolute atomic E-state index is 7.36. The molecule has 152 valence electrons. The molecule has 2 rings (SSSR count). The van der Waals surface area contributed by atoms with E-state index in [1.54, 1.807) is 0 Å². The number of aromatic nitrogens is 2. The molecule has 7 nitrogen and oxygen atoms in total. The molecule has 1 aliphatic heterocycles. The number of nitrogens with one attached hydrogen (secondary N) is 1. The van der Waals surface area contributed by atoms with E-state index < -0.39 is 0 Å². The predicted octanol–water partition coefficient (Wildman–Crippen LogP) is 4.68. The van der Waals surface area contributed by atoms with Crippen LogP contribution in [0.3, 0.4) is 0 Å². The Morgan fingerprint density at radius 2 is 2.00 bits per heavy atom. The lowest BCUT2D eigenvalue weighted by molar-refractivity contribution is 0.125. The second-order valence-electron chi connectivity index (χ2n) is 7.29. The van der Waals surface area contributed by atoms with E-state index in [2.05, 4.69) is 63.7 Å². The average molecular weight is 460 g/mol. The highest BCUT2D eigenvalue weighted by Gasteiger charge is 2.28. The molecule has 1 aromatic heterocycles. The minimum absolute atomic E-state index is 0.0464. The zero-order valence-corrected chi connectivity index (χ0v) is 19.1. The summed E-state index contributed by atoms with van der Waals surface area (Å²) in [5, 5.41) is 12.0. The fraction of sp³-hybridized carbons (Fsp3) is 0.778. The van der Waals surface area contributed by atoms with Crippen LogP contribution in [0.1, 0.15) is 59.2 Å². The number of ether oxygens (including phenoxy) is 1. The number of alkyl halides is 1. The number of hydrogen-bond donors (Lipinski definition) is 1. The van der Waals surface area contributed by atoms with Crippen LogP contribution in [0.4, 0.5) is 6.01 Å². The lowest BCUT2D eigenvalue weighted by atomic mass is 9.92. The molecule has 1 unspecified atom stereocenters. The van der Waals surface area contributed by atoms with Crippen molar-refractivity contribution < 1.29 is 9.26 Å². The summed E-state index contributed by atoms with van der Waals surface area (Å²) in [6, 6.07) is 0.710. The van der Waals surface area contributed by atoms with Crippen LogP contribution in [0.25, 0.3) is 0 Å². The van der Waals surface area contributed by atoms with Gasteiger partial charge in [-0.3, -0.25) is 0 Å². The van der Waals surface area contributed by atoms with Gasteiger partial charge in [-0.25, -0.2) is 4.99 Å². The van der Waals surface area contributed by atoms with Gasteiger partial charge in [-0.15, -0.1) is 0 Å². The van der Waals surface area contributed by atoms with E-state index in [-0.39, 0.29) is 22.9 Å². The summed E-state index contributed by atoms with van der Waals surface area (Å²) in [5.74, 6) is 1.45. The molecule has 1 aliphatic rings. The van der Waals surface area contributed by atoms with E-state index in [4.69, 9.17) is 14.7 Å². The van der Waals surface area contributed by atoms with Gasteiger partial charge in [0.2, 0.25) is 0 Å². The van der Waals surface area contributed by atoms with Gasteiger partial charge in [0.15, 0.2) is 5.82 Å². The monoisotopic (exact) mass is 459 g/mol. The normalized spacial score (nSPS) is 19.8. The topological polar surface area (TPSA) is 87.6 Å². The van der Waals surface area contributed by atoms with Crippen LogP contribution in [-0.2, 0) is 4.74 Å². The molecule has 1 fully saturated rings. The molecule has 2 heterocycles. The summed E-state index contributed by atoms with van der Waals surface area (Å²) in [5.41, 5.74) is 1.27. The van der Waals surface area contributed by atoms with Crippen molar-refractivity contribution in [3.05, 3.63) is 5.82 Å². The highest BCUT2D eigenvalue weighted by Crippen LogP contribution is 2.27. The molecule has 0 bridgehead atoms. The first-order valence-electron chi connectivity index (χ1n) is 9.44. The third-order valence-corrected chi connectivity index (χ3v) is 6.13. The number of rotatable bonds is 7. The van der Waals surface area contributed by atoms with Crippen LogP contribution in [0.5, 0.6) is 0 Å². The average Bonchev–Trinajstić information content (AvgIpc) is 3.12. The third-order valence-electron chi connectivity index (χ3n) is 4.84. The highest BCUT2D eigenvalue weighted by atomic mass is 79.9. The van der Waals surface area contributed by atoms with Gasteiger partial charge in [0, 0.05) is 23.8 Å². The summed E-state index contributed by atoms with van der Waals surface area (Å²) in [6.07, 6.45) is 2.03. The Hall–Kier alpha value is -1.09. The summed E-state index contributed by atoms with van der Waals surface area (Å²) in [6.45, 7) is 12.0. The Balaban J connectivity index is 1.90. The van der Waals surface area contributed by atoms with E-state index in [1.807, 2.05) is 6.92 Å². The standard InChI is InChI=1S/C18H30BrN5O2S/c1-11(2)16-22-17(26-23-16)24-8-6-15(7-9-24)14(5)25-18(27-10-20)21-13(4)12(3)19/h10-15,20H,6-9H2,1-5H3/t12?,13-,14-/m0/s1. The van der Waals surface area contributed by atoms with Gasteiger partial charge in [0.1, 0.15) is 6.10 Å². The van der Waals surface area contributed by atoms with Crippen molar-refractivity contribution in [1.29, 1.82) is 5.41 Å². The van der Waals surface area contributed by atoms with E-state index >= 15 is 0 Å². The summed E-state index contributed by atoms with van der Waals surface area (Å²) >= 11 is 4.77. The number of anilines is 1. The maximum Gasteiger partial charge on any atom is 0.324 e. The van der Waals surface area contributed by atoms with Gasteiger partial charge in [0.05, 0.1) is 11.6 Å². The van der Waals surface area contributed by atoms with Crippen molar-refractivity contribution in [2.24, 2.45) is 10.9 Å². The molecule has 3 atom stereocenters. The van der Waals surface area contributed by atoms with Gasteiger partial charge in [0.25, 0.3) is 5.23 Å². The number of piperidine rings is 1. The van der Waals surface area contributed by atoms with E-state index in [9.17, 15) is 0 Å². The molecule has 0 saturated carbocycles. The summed E-state index contributed by atoms with van der Waals surface area (Å²) in [4.78, 5) is 11.5. The van der Waals surface area contributed by atoms with Gasteiger partial charge in [-0.1, -0.05) is 41.9 Å². The van der Waals surface area contributed by atoms with Gasteiger partial charge < -0.3 is 19.6 Å². The molecular weight excluding hydrogens is 430 g/mol. The molecule has 1 aromatic rings. The van der Waals surface area contributed by atoms with Crippen LogP contribution >= 0.6 is 27.7 Å². The molecule has 0 aliphatic carbocycles. The molecule has 27 heavy (non-hydrogen) atoms. The first kappa shape index (κ1) is 22.2. The number of halogens is 1. The Labute approximate surface area is 174 Å². The first-order chi connectivity index (χ1) is 12.8. The molecule has 0 amide bonds. The lowest BCUT2D eigenvalue weighted by Crippen LogP contribution is -2.38. The summed E-state index contributed by atoms with van der Waals surface area (Å²) in [7, 11) is 0. The number of nitrogens with zero attached hydrogens (tertiary/aromatic N) is 4. The Morgan fingerprint density at radius 3 is 2.52 bits per heavy atom. The van der Waals surface area contributed by atoms with E-state index in [0.717, 1.165) is 31.8 Å². The van der Waals surface area contributed by atoms with Crippen molar-refractivity contribution in [3.63, 3.8) is 0 Å². The van der Waals surface area contributed by atoms with Crippen molar-refractivity contribution in [1.82, 2.24) is 10.1 Å². The largest absolute Gasteiger partial charge is 0.469 e. The van der Waals surface area contributed by atoms with Crippen LogP contribution in [0.2, 0.25) is 0 Å². The van der Waals surface area contributed by atoms with Crippen molar-refractivity contribution in [2.45, 2.75) is 70.4 Å². The number of thioether (sulfide) groups is 1. The quantitative estimate of drug-likeness (QED) is 0.361. The molecular formula is C18H30BrN5O2S. The zero-order chi connectivity index (χ0) is 20.0. The molecule has 1 N–H and O–H groups in total. The van der Waals surface area contributed by atoms with Crippen LogP contribution in [-0.4, -0.2) is 51.0 Å².